The van der Waals surface area contributed by atoms with E-state index in [1.807, 2.05) is 6.07 Å². The van der Waals surface area contributed by atoms with Crippen molar-refractivity contribution in [3.63, 3.8) is 0 Å². The zero-order valence-electron chi connectivity index (χ0n) is 4.54. The molecule has 0 bridgehead atoms. The van der Waals surface area contributed by atoms with E-state index < -0.39 is 0 Å². The molecule has 4 heteroatoms. The highest BCUT2D eigenvalue weighted by Crippen LogP contribution is 2.07. The van der Waals surface area contributed by atoms with E-state index >= 15 is 0 Å². The summed E-state index contributed by atoms with van der Waals surface area (Å²) in [7, 11) is 0. The number of hydrogen-bond donors (Lipinski definition) is 1. The molecular formula is C5H6BrClN2. The Morgan fingerprint density at radius 1 is 1.44 bits per heavy atom. The zero-order valence-corrected chi connectivity index (χ0v) is 6.95. The quantitative estimate of drug-likeness (QED) is 0.708. The van der Waals surface area contributed by atoms with Gasteiger partial charge in [-0.3, -0.25) is 0 Å². The molecule has 2 nitrogen and oxygen atoms in total. The van der Waals surface area contributed by atoms with Crippen LogP contribution in [0.3, 0.4) is 0 Å². The van der Waals surface area contributed by atoms with Gasteiger partial charge < -0.3 is 5.73 Å². The summed E-state index contributed by atoms with van der Waals surface area (Å²) in [5.41, 5.74) is 5.29. The maximum atomic E-state index is 5.29. The molecule has 1 aromatic heterocycles. The summed E-state index contributed by atoms with van der Waals surface area (Å²) in [6, 6.07) is 3.59. The van der Waals surface area contributed by atoms with Crippen molar-refractivity contribution < 1.29 is 0 Å². The van der Waals surface area contributed by atoms with Crippen LogP contribution in [-0.4, -0.2) is 4.98 Å². The van der Waals surface area contributed by atoms with E-state index in [4.69, 9.17) is 5.73 Å². The lowest BCUT2D eigenvalue weighted by atomic mass is 10.5. The summed E-state index contributed by atoms with van der Waals surface area (Å²) >= 11 is 3.23. The van der Waals surface area contributed by atoms with Gasteiger partial charge in [-0.25, -0.2) is 4.98 Å². The van der Waals surface area contributed by atoms with Gasteiger partial charge in [0.25, 0.3) is 0 Å². The first-order valence-electron chi connectivity index (χ1n) is 2.16. The molecule has 50 valence electrons. The predicted octanol–water partition coefficient (Wildman–Crippen LogP) is 1.85. The molecule has 0 amide bonds. The van der Waals surface area contributed by atoms with Crippen LogP contribution in [0.5, 0.6) is 0 Å². The average Bonchev–Trinajstić information content (AvgIpc) is 1.77. The molecule has 2 N–H and O–H groups in total. The molecule has 0 fully saturated rings. The normalized spacial score (nSPS) is 8.11. The van der Waals surface area contributed by atoms with E-state index in [-0.39, 0.29) is 12.4 Å². The molecule has 0 spiro atoms. The Bertz CT molecular complexity index is 154. The second kappa shape index (κ2) is 3.69. The smallest absolute Gasteiger partial charge is 0.123 e. The fourth-order valence-corrected chi connectivity index (χ4v) is 0.622. The molecule has 0 saturated carbocycles. The highest BCUT2D eigenvalue weighted by atomic mass is 79.9. The van der Waals surface area contributed by atoms with Crippen molar-refractivity contribution in [3.05, 3.63) is 22.8 Å². The van der Waals surface area contributed by atoms with Gasteiger partial charge in [-0.15, -0.1) is 12.4 Å². The van der Waals surface area contributed by atoms with E-state index in [1.54, 1.807) is 12.3 Å². The summed E-state index contributed by atoms with van der Waals surface area (Å²) in [5.74, 6) is 0.549. The summed E-state index contributed by atoms with van der Waals surface area (Å²) in [5, 5.41) is 0. The van der Waals surface area contributed by atoms with Gasteiger partial charge in [0.1, 0.15) is 5.82 Å². The Labute approximate surface area is 68.0 Å². The van der Waals surface area contributed by atoms with E-state index in [0.29, 0.717) is 5.82 Å². The van der Waals surface area contributed by atoms with Gasteiger partial charge in [0.15, 0.2) is 0 Å². The molecule has 0 radical (unpaired) electrons. The van der Waals surface area contributed by atoms with Crippen molar-refractivity contribution in [3.8, 4) is 0 Å². The topological polar surface area (TPSA) is 38.9 Å². The SMILES string of the molecule is Cl.Nc1ccc(Br)cn1. The standard InChI is InChI=1S/C5H5BrN2.ClH/c6-4-1-2-5(7)8-3-4;/h1-3H,(H2,7,8);1H. The first-order valence-corrected chi connectivity index (χ1v) is 2.95. The number of rotatable bonds is 0. The average molecular weight is 209 g/mol. The Hall–Kier alpha value is -0.280. The Kier molecular flexibility index (Phi) is 3.58. The lowest BCUT2D eigenvalue weighted by Gasteiger charge is -1.88. The van der Waals surface area contributed by atoms with Gasteiger partial charge >= 0.3 is 0 Å². The number of halogens is 2. The highest BCUT2D eigenvalue weighted by molar-refractivity contribution is 9.10. The second-order valence-electron chi connectivity index (χ2n) is 1.40. The van der Waals surface area contributed by atoms with Crippen LogP contribution in [0.15, 0.2) is 22.8 Å². The summed E-state index contributed by atoms with van der Waals surface area (Å²) in [6.45, 7) is 0. The third-order valence-electron chi connectivity index (χ3n) is 0.750. The summed E-state index contributed by atoms with van der Waals surface area (Å²) < 4.78 is 0.951. The Morgan fingerprint density at radius 2 is 2.11 bits per heavy atom. The van der Waals surface area contributed by atoms with Crippen LogP contribution in [0.4, 0.5) is 5.82 Å². The molecule has 1 aromatic rings. The second-order valence-corrected chi connectivity index (χ2v) is 2.32. The number of nitrogen functional groups attached to an aromatic ring is 1. The van der Waals surface area contributed by atoms with Gasteiger partial charge in [-0.1, -0.05) is 0 Å². The van der Waals surface area contributed by atoms with Crippen molar-refractivity contribution in [2.24, 2.45) is 0 Å². The van der Waals surface area contributed by atoms with E-state index in [2.05, 4.69) is 20.9 Å². The number of nitrogens with zero attached hydrogens (tertiary/aromatic N) is 1. The van der Waals surface area contributed by atoms with Gasteiger partial charge in [0.2, 0.25) is 0 Å². The highest BCUT2D eigenvalue weighted by Gasteiger charge is 1.83. The number of pyridine rings is 1. The van der Waals surface area contributed by atoms with Crippen LogP contribution in [0.25, 0.3) is 0 Å². The van der Waals surface area contributed by atoms with Crippen molar-refractivity contribution in [2.75, 3.05) is 5.73 Å². The Morgan fingerprint density at radius 3 is 2.44 bits per heavy atom. The molecule has 0 aliphatic carbocycles. The van der Waals surface area contributed by atoms with Crippen LogP contribution in [0.1, 0.15) is 0 Å². The third-order valence-corrected chi connectivity index (χ3v) is 1.22. The van der Waals surface area contributed by atoms with Crippen molar-refractivity contribution in [1.82, 2.24) is 4.98 Å². The summed E-state index contributed by atoms with van der Waals surface area (Å²) in [4.78, 5) is 3.81. The molecule has 9 heavy (non-hydrogen) atoms. The first-order chi connectivity index (χ1) is 3.79. The minimum absolute atomic E-state index is 0. The molecule has 0 atom stereocenters. The largest absolute Gasteiger partial charge is 0.384 e. The minimum atomic E-state index is 0. The van der Waals surface area contributed by atoms with Crippen LogP contribution >= 0.6 is 28.3 Å². The number of anilines is 1. The van der Waals surface area contributed by atoms with E-state index in [0.717, 1.165) is 4.47 Å². The van der Waals surface area contributed by atoms with Crippen molar-refractivity contribution >= 4 is 34.2 Å². The molecule has 0 aromatic carbocycles. The van der Waals surface area contributed by atoms with Gasteiger partial charge in [0.05, 0.1) is 0 Å². The van der Waals surface area contributed by atoms with Crippen molar-refractivity contribution in [1.29, 1.82) is 0 Å². The molecular weight excluding hydrogens is 203 g/mol. The van der Waals surface area contributed by atoms with Crippen LogP contribution in [-0.2, 0) is 0 Å². The summed E-state index contributed by atoms with van der Waals surface area (Å²) in [6.07, 6.45) is 1.66. The molecule has 1 rings (SSSR count). The van der Waals surface area contributed by atoms with Gasteiger partial charge in [-0.05, 0) is 28.1 Å². The van der Waals surface area contributed by atoms with Crippen LogP contribution in [0.2, 0.25) is 0 Å². The number of hydrogen-bond acceptors (Lipinski definition) is 2. The van der Waals surface area contributed by atoms with E-state index in [9.17, 15) is 0 Å². The lowest BCUT2D eigenvalue weighted by molar-refractivity contribution is 1.32. The molecule has 1 heterocycles. The number of nitrogens with two attached hydrogens (primary N) is 1. The third kappa shape index (κ3) is 2.67. The molecule has 0 aliphatic rings. The molecule has 0 unspecified atom stereocenters. The monoisotopic (exact) mass is 208 g/mol. The zero-order chi connectivity index (χ0) is 5.98. The number of aromatic nitrogens is 1. The van der Waals surface area contributed by atoms with Gasteiger partial charge in [0, 0.05) is 10.7 Å². The maximum Gasteiger partial charge on any atom is 0.123 e. The fraction of sp³-hybridized carbons (Fsp3) is 0. The van der Waals surface area contributed by atoms with Crippen molar-refractivity contribution in [2.45, 2.75) is 0 Å². The van der Waals surface area contributed by atoms with E-state index in [1.165, 1.54) is 0 Å². The van der Waals surface area contributed by atoms with Crippen LogP contribution < -0.4 is 5.73 Å². The molecule has 0 aliphatic heterocycles. The maximum absolute atomic E-state index is 5.29. The Balaban J connectivity index is 0.000000640. The minimum Gasteiger partial charge on any atom is -0.384 e. The predicted molar refractivity (Wildman–Crippen MR) is 43.6 cm³/mol. The lowest BCUT2D eigenvalue weighted by Crippen LogP contribution is -1.86. The fourth-order valence-electron chi connectivity index (χ4n) is 0.387. The van der Waals surface area contributed by atoms with Crippen LogP contribution in [0, 0.1) is 0 Å². The first kappa shape index (κ1) is 8.72. The molecule has 0 saturated heterocycles. The van der Waals surface area contributed by atoms with Gasteiger partial charge in [-0.2, -0.15) is 0 Å².